The second-order valence-corrected chi connectivity index (χ2v) is 0. The van der Waals surface area contributed by atoms with Gasteiger partial charge in [0.1, 0.15) is 0 Å². The van der Waals surface area contributed by atoms with E-state index in [0.717, 1.165) is 0 Å². The van der Waals surface area contributed by atoms with E-state index in [4.69, 9.17) is 0 Å². The quantitative estimate of drug-likeness (QED) is 0.447. The van der Waals surface area contributed by atoms with Crippen LogP contribution < -0.4 is 0 Å². The molecule has 0 unspecified atom stereocenters. The van der Waals surface area contributed by atoms with Crippen molar-refractivity contribution >= 4 is 68.6 Å². The van der Waals surface area contributed by atoms with Crippen LogP contribution in [-0.4, -0.2) is 59.1 Å². The average molecular weight is 190 g/mol. The molecule has 0 aromatic rings. The SMILES string of the molecule is [Cl][Pd].[NaH].[NaH]. The van der Waals surface area contributed by atoms with Gasteiger partial charge in [0.15, 0.2) is 0 Å². The predicted molar refractivity (Wildman–Crippen MR) is 20.2 cm³/mol. The second kappa shape index (κ2) is 16.7. The maximum absolute atomic E-state index is 4.49. The normalized spacial score (nSPS) is 1.75. The fourth-order valence-electron chi connectivity index (χ4n) is 0. The van der Waals surface area contributed by atoms with Gasteiger partial charge < -0.3 is 0 Å². The summed E-state index contributed by atoms with van der Waals surface area (Å²) in [4.78, 5) is 0. The van der Waals surface area contributed by atoms with Crippen LogP contribution in [0.4, 0.5) is 0 Å². The van der Waals surface area contributed by atoms with Gasteiger partial charge in [-0.3, -0.25) is 0 Å². The van der Waals surface area contributed by atoms with Crippen molar-refractivity contribution < 1.29 is 18.2 Å². The van der Waals surface area contributed by atoms with Crippen molar-refractivity contribution in [3.8, 4) is 0 Å². The summed E-state index contributed by atoms with van der Waals surface area (Å²) in [5.41, 5.74) is 0. The molecule has 0 heterocycles. The van der Waals surface area contributed by atoms with E-state index >= 15 is 0 Å². The molecule has 0 saturated carbocycles. The van der Waals surface area contributed by atoms with Gasteiger partial charge in [-0.15, -0.1) is 0 Å². The van der Waals surface area contributed by atoms with E-state index in [-0.39, 0.29) is 59.1 Å². The van der Waals surface area contributed by atoms with Crippen molar-refractivity contribution in [3.63, 3.8) is 0 Å². The molecule has 21 valence electrons. The van der Waals surface area contributed by atoms with Crippen molar-refractivity contribution in [1.29, 1.82) is 0 Å². The van der Waals surface area contributed by atoms with Crippen LogP contribution in [0.5, 0.6) is 0 Å². The topological polar surface area (TPSA) is 0 Å². The number of hydrogen-bond donors (Lipinski definition) is 0. The van der Waals surface area contributed by atoms with E-state index in [1.165, 1.54) is 0 Å². The molecule has 0 bridgehead atoms. The van der Waals surface area contributed by atoms with E-state index in [1.807, 2.05) is 0 Å². The van der Waals surface area contributed by atoms with Crippen LogP contribution in [-0.2, 0) is 18.2 Å². The van der Waals surface area contributed by atoms with Crippen molar-refractivity contribution in [2.24, 2.45) is 0 Å². The molecule has 0 aromatic heterocycles. The molecule has 0 atom stereocenters. The van der Waals surface area contributed by atoms with Crippen LogP contribution in [0.25, 0.3) is 0 Å². The average Bonchev–Trinajstić information content (AvgIpc) is 1.00. The molecule has 0 nitrogen and oxygen atoms in total. The third-order valence-corrected chi connectivity index (χ3v) is 0. The summed E-state index contributed by atoms with van der Waals surface area (Å²) in [5.74, 6) is 0. The van der Waals surface area contributed by atoms with E-state index in [2.05, 4.69) is 27.7 Å². The fourth-order valence-corrected chi connectivity index (χ4v) is 0. The Labute approximate surface area is 85.0 Å². The van der Waals surface area contributed by atoms with Crippen LogP contribution in [0.2, 0.25) is 0 Å². The van der Waals surface area contributed by atoms with E-state index in [1.54, 1.807) is 0 Å². The van der Waals surface area contributed by atoms with E-state index < -0.39 is 0 Å². The first-order valence-corrected chi connectivity index (χ1v) is 2.12. The van der Waals surface area contributed by atoms with Gasteiger partial charge in [0, 0.05) is 0 Å². The van der Waals surface area contributed by atoms with Crippen molar-refractivity contribution in [2.45, 2.75) is 0 Å². The zero-order chi connectivity index (χ0) is 2.00. The van der Waals surface area contributed by atoms with E-state index in [0.29, 0.717) is 0 Å². The molecular formula is H2ClNa2Pd. The Hall–Kier alpha value is 2.95. The first-order chi connectivity index (χ1) is 1.00. The molecule has 0 amide bonds. The molecule has 0 fully saturated rings. The summed E-state index contributed by atoms with van der Waals surface area (Å²) in [7, 11) is 4.49. The molecule has 0 aromatic carbocycles. The molecule has 0 N–H and O–H groups in total. The minimum absolute atomic E-state index is 0. The molecule has 0 aliphatic rings. The van der Waals surface area contributed by atoms with Gasteiger partial charge in [-0.2, -0.15) is 0 Å². The minimum atomic E-state index is 0. The molecule has 4 heteroatoms. The molecule has 0 saturated heterocycles. The summed E-state index contributed by atoms with van der Waals surface area (Å²) in [6, 6.07) is 0. The predicted octanol–water partition coefficient (Wildman–Crippen LogP) is -0.610. The first-order valence-electron chi connectivity index (χ1n) is 0.120. The van der Waals surface area contributed by atoms with Gasteiger partial charge in [-0.1, -0.05) is 0 Å². The fraction of sp³-hybridized carbons (Fsp3) is 0. The number of rotatable bonds is 0. The van der Waals surface area contributed by atoms with Crippen LogP contribution in [0, 0.1) is 0 Å². The van der Waals surface area contributed by atoms with Crippen LogP contribution in [0.3, 0.4) is 0 Å². The van der Waals surface area contributed by atoms with Gasteiger partial charge in [-0.05, 0) is 0 Å². The Morgan fingerprint density at radius 3 is 1.00 bits per heavy atom. The molecular weight excluding hydrogens is 188 g/mol. The van der Waals surface area contributed by atoms with Crippen molar-refractivity contribution in [3.05, 3.63) is 0 Å². The van der Waals surface area contributed by atoms with Crippen LogP contribution in [0.15, 0.2) is 0 Å². The molecule has 0 aliphatic carbocycles. The Bertz CT molecular complexity index is 6.00. The van der Waals surface area contributed by atoms with Gasteiger partial charge in [0.25, 0.3) is 0 Å². The number of halogens is 1. The van der Waals surface area contributed by atoms with Crippen molar-refractivity contribution in [2.75, 3.05) is 0 Å². The molecule has 4 heavy (non-hydrogen) atoms. The maximum atomic E-state index is 4.49. The standard InChI is InChI=1S/ClH.2Na.Pd.2H/h1H;;;;;/q;;;+1;;/p-1. The molecule has 0 spiro atoms. The summed E-state index contributed by atoms with van der Waals surface area (Å²) >= 11 is 2.22. The Morgan fingerprint density at radius 2 is 1.00 bits per heavy atom. The third-order valence-electron chi connectivity index (χ3n) is 0. The van der Waals surface area contributed by atoms with E-state index in [9.17, 15) is 0 Å². The molecule has 0 rings (SSSR count). The number of hydrogen-bond acceptors (Lipinski definition) is 0. The zero-order valence-corrected chi connectivity index (χ0v) is 3.00. The summed E-state index contributed by atoms with van der Waals surface area (Å²) < 4.78 is 0. The summed E-state index contributed by atoms with van der Waals surface area (Å²) in [5, 5.41) is 0. The monoisotopic (exact) mass is 189 g/mol. The third kappa shape index (κ3) is 8.88. The first kappa shape index (κ1) is 15.8. The van der Waals surface area contributed by atoms with Crippen LogP contribution in [0.1, 0.15) is 0 Å². The molecule has 0 aliphatic heterocycles. The van der Waals surface area contributed by atoms with Gasteiger partial charge >= 0.3 is 86.8 Å². The summed E-state index contributed by atoms with van der Waals surface area (Å²) in [6.07, 6.45) is 0. The van der Waals surface area contributed by atoms with Gasteiger partial charge in [0.05, 0.1) is 0 Å². The van der Waals surface area contributed by atoms with Crippen LogP contribution >= 0.6 is 9.53 Å². The summed E-state index contributed by atoms with van der Waals surface area (Å²) in [6.45, 7) is 0. The Morgan fingerprint density at radius 1 is 1.00 bits per heavy atom. The van der Waals surface area contributed by atoms with Gasteiger partial charge in [0.2, 0.25) is 0 Å². The van der Waals surface area contributed by atoms with Crippen molar-refractivity contribution in [1.82, 2.24) is 0 Å². The zero-order valence-electron chi connectivity index (χ0n) is 0.694. The Balaban J connectivity index is -0.00000000500. The van der Waals surface area contributed by atoms with Gasteiger partial charge in [-0.25, -0.2) is 0 Å². The second-order valence-electron chi connectivity index (χ2n) is 0. The molecule has 0 radical (unpaired) electrons. The Kier molecular flexibility index (Phi) is 66.0.